The lowest BCUT2D eigenvalue weighted by Crippen LogP contribution is -2.31. The predicted molar refractivity (Wildman–Crippen MR) is 46.4 cm³/mol. The Morgan fingerprint density at radius 2 is 2.18 bits per heavy atom. The van der Waals surface area contributed by atoms with Crippen LogP contribution >= 0.6 is 0 Å². The molecule has 1 aliphatic rings. The summed E-state index contributed by atoms with van der Waals surface area (Å²) < 4.78 is 0. The van der Waals surface area contributed by atoms with Crippen LogP contribution in [0.2, 0.25) is 0 Å². The van der Waals surface area contributed by atoms with E-state index in [0.717, 1.165) is 25.7 Å². The summed E-state index contributed by atoms with van der Waals surface area (Å²) in [5.74, 6) is 1.10. The molecule has 0 heterocycles. The van der Waals surface area contributed by atoms with Gasteiger partial charge in [0.15, 0.2) is 0 Å². The molecular formula is C10H18O. The summed E-state index contributed by atoms with van der Waals surface area (Å²) in [5.41, 5.74) is 0.405. The number of Topliss-reactive ketones (excluding diaryl/α,β-unsaturated/α-hetero) is 1. The summed E-state index contributed by atoms with van der Waals surface area (Å²) >= 11 is 0. The van der Waals surface area contributed by atoms with Gasteiger partial charge in [0, 0.05) is 12.8 Å². The fraction of sp³-hybridized carbons (Fsp3) is 0.900. The maximum Gasteiger partial charge on any atom is 0.133 e. The maximum absolute atomic E-state index is 11.1. The molecule has 0 bridgehead atoms. The summed E-state index contributed by atoms with van der Waals surface area (Å²) in [4.78, 5) is 11.1. The minimum absolute atomic E-state index is 0.405. The molecular weight excluding hydrogens is 136 g/mol. The molecule has 0 saturated heterocycles. The molecule has 0 spiro atoms. The van der Waals surface area contributed by atoms with E-state index in [1.807, 2.05) is 0 Å². The molecule has 1 unspecified atom stereocenters. The lowest BCUT2D eigenvalue weighted by Gasteiger charge is -2.37. The quantitative estimate of drug-likeness (QED) is 0.567. The Labute approximate surface area is 69.2 Å². The second-order valence-corrected chi connectivity index (χ2v) is 4.34. The van der Waals surface area contributed by atoms with Gasteiger partial charge < -0.3 is 0 Å². The van der Waals surface area contributed by atoms with Gasteiger partial charge in [-0.25, -0.2) is 0 Å². The van der Waals surface area contributed by atoms with E-state index >= 15 is 0 Å². The third kappa shape index (κ3) is 1.82. The van der Waals surface area contributed by atoms with Crippen LogP contribution in [0, 0.1) is 11.3 Å². The summed E-state index contributed by atoms with van der Waals surface area (Å²) in [5, 5.41) is 0. The van der Waals surface area contributed by atoms with Crippen LogP contribution in [0.5, 0.6) is 0 Å². The Kier molecular flexibility index (Phi) is 2.36. The molecule has 1 saturated carbocycles. The van der Waals surface area contributed by atoms with E-state index in [1.165, 1.54) is 0 Å². The van der Waals surface area contributed by atoms with Crippen molar-refractivity contribution in [1.29, 1.82) is 0 Å². The van der Waals surface area contributed by atoms with Crippen LogP contribution in [0.15, 0.2) is 0 Å². The summed E-state index contributed by atoms with van der Waals surface area (Å²) in [6.07, 6.45) is 3.87. The molecule has 0 aromatic heterocycles. The van der Waals surface area contributed by atoms with Crippen molar-refractivity contribution in [3.8, 4) is 0 Å². The van der Waals surface area contributed by atoms with E-state index in [1.54, 1.807) is 0 Å². The first-order valence-electron chi connectivity index (χ1n) is 4.58. The fourth-order valence-corrected chi connectivity index (χ4v) is 2.02. The molecule has 0 radical (unpaired) electrons. The Hall–Kier alpha value is -0.330. The number of rotatable bonds is 1. The standard InChI is InChI=1S/C10H18O/c1-4-8-7-9(11)5-6-10(8,2)3/h8H,4-7H2,1-3H3. The molecule has 1 atom stereocenters. The van der Waals surface area contributed by atoms with E-state index in [2.05, 4.69) is 20.8 Å². The maximum atomic E-state index is 11.1. The van der Waals surface area contributed by atoms with Gasteiger partial charge in [0.1, 0.15) is 5.78 Å². The highest BCUT2D eigenvalue weighted by molar-refractivity contribution is 5.79. The molecule has 0 aromatic rings. The van der Waals surface area contributed by atoms with Crippen LogP contribution in [0.3, 0.4) is 0 Å². The Balaban J connectivity index is 2.63. The van der Waals surface area contributed by atoms with Crippen LogP contribution in [-0.2, 0) is 4.79 Å². The van der Waals surface area contributed by atoms with Gasteiger partial charge in [-0.05, 0) is 17.8 Å². The molecule has 0 aliphatic heterocycles. The Bertz CT molecular complexity index is 158. The zero-order valence-corrected chi connectivity index (χ0v) is 7.81. The topological polar surface area (TPSA) is 17.1 Å². The molecule has 1 fully saturated rings. The number of carbonyl (C=O) groups excluding carboxylic acids is 1. The minimum atomic E-state index is 0.405. The lowest BCUT2D eigenvalue weighted by atomic mass is 9.67. The normalized spacial score (nSPS) is 30.5. The smallest absolute Gasteiger partial charge is 0.133 e. The van der Waals surface area contributed by atoms with Crippen LogP contribution in [0.1, 0.15) is 46.5 Å². The van der Waals surface area contributed by atoms with Crippen molar-refractivity contribution in [2.75, 3.05) is 0 Å². The third-order valence-corrected chi connectivity index (χ3v) is 3.12. The largest absolute Gasteiger partial charge is 0.300 e. The second-order valence-electron chi connectivity index (χ2n) is 4.34. The monoisotopic (exact) mass is 154 g/mol. The minimum Gasteiger partial charge on any atom is -0.300 e. The van der Waals surface area contributed by atoms with Gasteiger partial charge in [0.25, 0.3) is 0 Å². The average Bonchev–Trinajstić information content (AvgIpc) is 1.94. The molecule has 1 heteroatoms. The van der Waals surface area contributed by atoms with Crippen molar-refractivity contribution in [1.82, 2.24) is 0 Å². The van der Waals surface area contributed by atoms with Crippen LogP contribution < -0.4 is 0 Å². The van der Waals surface area contributed by atoms with Crippen LogP contribution in [-0.4, -0.2) is 5.78 Å². The van der Waals surface area contributed by atoms with E-state index in [0.29, 0.717) is 17.1 Å². The highest BCUT2D eigenvalue weighted by Crippen LogP contribution is 2.40. The fourth-order valence-electron chi connectivity index (χ4n) is 2.02. The van der Waals surface area contributed by atoms with Crippen molar-refractivity contribution in [3.05, 3.63) is 0 Å². The molecule has 0 aromatic carbocycles. The number of hydrogen-bond donors (Lipinski definition) is 0. The van der Waals surface area contributed by atoms with Crippen molar-refractivity contribution < 1.29 is 4.79 Å². The third-order valence-electron chi connectivity index (χ3n) is 3.12. The highest BCUT2D eigenvalue weighted by Gasteiger charge is 2.33. The first-order valence-corrected chi connectivity index (χ1v) is 4.58. The van der Waals surface area contributed by atoms with Gasteiger partial charge in [-0.15, -0.1) is 0 Å². The molecule has 0 amide bonds. The Morgan fingerprint density at radius 1 is 1.55 bits per heavy atom. The van der Waals surface area contributed by atoms with Gasteiger partial charge in [-0.2, -0.15) is 0 Å². The number of carbonyl (C=O) groups is 1. The Morgan fingerprint density at radius 3 is 2.64 bits per heavy atom. The first kappa shape index (κ1) is 8.76. The summed E-state index contributed by atoms with van der Waals surface area (Å²) in [6.45, 7) is 6.76. The second kappa shape index (κ2) is 2.96. The van der Waals surface area contributed by atoms with Crippen molar-refractivity contribution in [2.45, 2.75) is 46.5 Å². The molecule has 1 nitrogen and oxygen atoms in total. The SMILES string of the molecule is CCC1CC(=O)CCC1(C)C. The number of ketones is 1. The summed E-state index contributed by atoms with van der Waals surface area (Å²) in [7, 11) is 0. The van der Waals surface area contributed by atoms with E-state index in [9.17, 15) is 4.79 Å². The molecule has 1 aliphatic carbocycles. The van der Waals surface area contributed by atoms with E-state index < -0.39 is 0 Å². The number of hydrogen-bond acceptors (Lipinski definition) is 1. The van der Waals surface area contributed by atoms with Crippen LogP contribution in [0.4, 0.5) is 0 Å². The zero-order chi connectivity index (χ0) is 8.48. The highest BCUT2D eigenvalue weighted by atomic mass is 16.1. The first-order chi connectivity index (χ1) is 5.06. The summed E-state index contributed by atoms with van der Waals surface area (Å²) in [6, 6.07) is 0. The van der Waals surface area contributed by atoms with Crippen molar-refractivity contribution in [3.63, 3.8) is 0 Å². The molecule has 64 valence electrons. The van der Waals surface area contributed by atoms with E-state index in [4.69, 9.17) is 0 Å². The van der Waals surface area contributed by atoms with Crippen LogP contribution in [0.25, 0.3) is 0 Å². The van der Waals surface area contributed by atoms with Gasteiger partial charge in [0.05, 0.1) is 0 Å². The van der Waals surface area contributed by atoms with Crippen molar-refractivity contribution >= 4 is 5.78 Å². The molecule has 0 N–H and O–H groups in total. The van der Waals surface area contributed by atoms with Gasteiger partial charge in [0.2, 0.25) is 0 Å². The van der Waals surface area contributed by atoms with Crippen molar-refractivity contribution in [2.24, 2.45) is 11.3 Å². The lowest BCUT2D eigenvalue weighted by molar-refractivity contribution is -0.124. The van der Waals surface area contributed by atoms with Gasteiger partial charge in [-0.1, -0.05) is 27.2 Å². The average molecular weight is 154 g/mol. The molecule has 11 heavy (non-hydrogen) atoms. The zero-order valence-electron chi connectivity index (χ0n) is 7.81. The van der Waals surface area contributed by atoms with Gasteiger partial charge in [-0.3, -0.25) is 4.79 Å². The molecule has 1 rings (SSSR count). The predicted octanol–water partition coefficient (Wildman–Crippen LogP) is 2.79. The van der Waals surface area contributed by atoms with Gasteiger partial charge >= 0.3 is 0 Å². The van der Waals surface area contributed by atoms with E-state index in [-0.39, 0.29) is 0 Å².